The predicted molar refractivity (Wildman–Crippen MR) is 115 cm³/mol. The lowest BCUT2D eigenvalue weighted by atomic mass is 9.89. The third-order valence-corrected chi connectivity index (χ3v) is 2.95. The Bertz CT molecular complexity index is 431. The molecule has 0 aliphatic rings. The molecule has 2 aromatic carbocycles. The van der Waals surface area contributed by atoms with Gasteiger partial charge in [-0.1, -0.05) is 105 Å². The SMILES string of the molecule is CC.CC.CC.CC.CCC(c1ccccc1)c1ccc(N)cc1. The Kier molecular flexibility index (Phi) is 24.0. The van der Waals surface area contributed by atoms with Crippen LogP contribution in [0.1, 0.15) is 85.8 Å². The molecular formula is C23H41N. The van der Waals surface area contributed by atoms with Gasteiger partial charge in [-0.05, 0) is 29.7 Å². The average molecular weight is 332 g/mol. The molecule has 0 saturated heterocycles. The van der Waals surface area contributed by atoms with Crippen LogP contribution in [0, 0.1) is 0 Å². The van der Waals surface area contributed by atoms with Crippen LogP contribution >= 0.6 is 0 Å². The summed E-state index contributed by atoms with van der Waals surface area (Å²) in [6.45, 7) is 18.2. The molecule has 0 heterocycles. The summed E-state index contributed by atoms with van der Waals surface area (Å²) in [6, 6.07) is 18.8. The van der Waals surface area contributed by atoms with Crippen LogP contribution in [-0.2, 0) is 0 Å². The first-order chi connectivity index (χ1) is 11.8. The second-order valence-electron chi connectivity index (χ2n) is 4.04. The van der Waals surface area contributed by atoms with Gasteiger partial charge in [-0.15, -0.1) is 0 Å². The van der Waals surface area contributed by atoms with Gasteiger partial charge in [0.05, 0.1) is 0 Å². The van der Waals surface area contributed by atoms with Crippen molar-refractivity contribution < 1.29 is 0 Å². The van der Waals surface area contributed by atoms with Crippen molar-refractivity contribution in [3.8, 4) is 0 Å². The number of anilines is 1. The number of hydrogen-bond acceptors (Lipinski definition) is 1. The zero-order valence-electron chi connectivity index (χ0n) is 17.6. The fourth-order valence-corrected chi connectivity index (χ4v) is 2.08. The van der Waals surface area contributed by atoms with Crippen LogP contribution in [0.4, 0.5) is 5.69 Å². The van der Waals surface area contributed by atoms with Gasteiger partial charge in [0.15, 0.2) is 0 Å². The zero-order chi connectivity index (χ0) is 19.4. The summed E-state index contributed by atoms with van der Waals surface area (Å²) in [7, 11) is 0. The molecule has 0 saturated carbocycles. The minimum atomic E-state index is 0.474. The summed E-state index contributed by atoms with van der Waals surface area (Å²) in [5.74, 6) is 0.474. The molecule has 1 nitrogen and oxygen atoms in total. The van der Waals surface area contributed by atoms with Gasteiger partial charge in [0.1, 0.15) is 0 Å². The van der Waals surface area contributed by atoms with Gasteiger partial charge in [0.2, 0.25) is 0 Å². The summed E-state index contributed by atoms with van der Waals surface area (Å²) in [6.07, 6.45) is 1.11. The summed E-state index contributed by atoms with van der Waals surface area (Å²) in [5, 5.41) is 0. The van der Waals surface area contributed by atoms with Gasteiger partial charge in [0, 0.05) is 11.6 Å². The molecule has 0 spiro atoms. The molecule has 0 aromatic heterocycles. The number of hydrogen-bond donors (Lipinski definition) is 1. The normalized spacial score (nSPS) is 9.21. The fourth-order valence-electron chi connectivity index (χ4n) is 2.08. The molecule has 2 rings (SSSR count). The molecule has 24 heavy (non-hydrogen) atoms. The highest BCUT2D eigenvalue weighted by atomic mass is 14.5. The minimum Gasteiger partial charge on any atom is -0.399 e. The lowest BCUT2D eigenvalue weighted by molar-refractivity contribution is 0.777. The van der Waals surface area contributed by atoms with E-state index < -0.39 is 0 Å². The van der Waals surface area contributed by atoms with Crippen molar-refractivity contribution in [2.75, 3.05) is 5.73 Å². The van der Waals surface area contributed by atoms with E-state index in [0.717, 1.165) is 12.1 Å². The monoisotopic (exact) mass is 331 g/mol. The van der Waals surface area contributed by atoms with Crippen LogP contribution in [0.25, 0.3) is 0 Å². The molecule has 1 unspecified atom stereocenters. The second kappa shape index (κ2) is 21.2. The van der Waals surface area contributed by atoms with Crippen LogP contribution < -0.4 is 5.73 Å². The third-order valence-electron chi connectivity index (χ3n) is 2.95. The summed E-state index contributed by atoms with van der Waals surface area (Å²) in [4.78, 5) is 0. The highest BCUT2D eigenvalue weighted by Gasteiger charge is 2.10. The first-order valence-electron chi connectivity index (χ1n) is 9.71. The van der Waals surface area contributed by atoms with E-state index in [2.05, 4.69) is 49.4 Å². The summed E-state index contributed by atoms with van der Waals surface area (Å²) >= 11 is 0. The van der Waals surface area contributed by atoms with Gasteiger partial charge in [-0.25, -0.2) is 0 Å². The fraction of sp³-hybridized carbons (Fsp3) is 0.478. The molecule has 2 N–H and O–H groups in total. The summed E-state index contributed by atoms with van der Waals surface area (Å²) < 4.78 is 0. The molecule has 0 fully saturated rings. The van der Waals surface area contributed by atoms with Crippen molar-refractivity contribution in [2.24, 2.45) is 0 Å². The van der Waals surface area contributed by atoms with Crippen molar-refractivity contribution in [1.29, 1.82) is 0 Å². The highest BCUT2D eigenvalue weighted by molar-refractivity contribution is 5.42. The van der Waals surface area contributed by atoms with E-state index in [4.69, 9.17) is 5.73 Å². The number of nitrogens with two attached hydrogens (primary N) is 1. The Hall–Kier alpha value is -1.76. The Morgan fingerprint density at radius 1 is 0.625 bits per heavy atom. The summed E-state index contributed by atoms with van der Waals surface area (Å²) in [5.41, 5.74) is 9.24. The van der Waals surface area contributed by atoms with E-state index in [1.165, 1.54) is 11.1 Å². The van der Waals surface area contributed by atoms with Crippen LogP contribution in [0.5, 0.6) is 0 Å². The van der Waals surface area contributed by atoms with E-state index in [0.29, 0.717) is 5.92 Å². The quantitative estimate of drug-likeness (QED) is 0.568. The second-order valence-corrected chi connectivity index (χ2v) is 4.04. The van der Waals surface area contributed by atoms with Crippen molar-refractivity contribution in [1.82, 2.24) is 0 Å². The van der Waals surface area contributed by atoms with Crippen LogP contribution in [0.3, 0.4) is 0 Å². The van der Waals surface area contributed by atoms with Crippen LogP contribution in [0.15, 0.2) is 54.6 Å². The van der Waals surface area contributed by atoms with E-state index >= 15 is 0 Å². The molecule has 2 aromatic rings. The Morgan fingerprint density at radius 3 is 1.38 bits per heavy atom. The van der Waals surface area contributed by atoms with E-state index in [1.807, 2.05) is 67.5 Å². The van der Waals surface area contributed by atoms with Crippen molar-refractivity contribution in [3.63, 3.8) is 0 Å². The number of nitrogen functional groups attached to an aromatic ring is 1. The van der Waals surface area contributed by atoms with Gasteiger partial charge in [0.25, 0.3) is 0 Å². The lowest BCUT2D eigenvalue weighted by Gasteiger charge is -2.15. The average Bonchev–Trinajstić information content (AvgIpc) is 2.71. The topological polar surface area (TPSA) is 26.0 Å². The number of rotatable bonds is 3. The molecule has 0 aliphatic heterocycles. The standard InChI is InChI=1S/C15H17N.4C2H6/c1-2-15(12-6-4-3-5-7-12)13-8-10-14(16)11-9-13;4*1-2/h3-11,15H,2,16H2,1H3;4*1-2H3. The predicted octanol–water partition coefficient (Wildman–Crippen LogP) is 7.92. The first-order valence-corrected chi connectivity index (χ1v) is 9.71. The number of benzene rings is 2. The van der Waals surface area contributed by atoms with Gasteiger partial charge < -0.3 is 5.73 Å². The smallest absolute Gasteiger partial charge is 0.0314 e. The largest absolute Gasteiger partial charge is 0.399 e. The van der Waals surface area contributed by atoms with Crippen LogP contribution in [-0.4, -0.2) is 0 Å². The zero-order valence-corrected chi connectivity index (χ0v) is 17.6. The molecule has 1 heteroatoms. The van der Waals surface area contributed by atoms with Gasteiger partial charge in [-0.2, -0.15) is 0 Å². The highest BCUT2D eigenvalue weighted by Crippen LogP contribution is 2.27. The third kappa shape index (κ3) is 10.9. The molecule has 0 radical (unpaired) electrons. The Balaban J connectivity index is -0.000000484. The van der Waals surface area contributed by atoms with Crippen molar-refractivity contribution in [2.45, 2.75) is 74.7 Å². The van der Waals surface area contributed by atoms with Gasteiger partial charge in [-0.3, -0.25) is 0 Å². The van der Waals surface area contributed by atoms with Gasteiger partial charge >= 0.3 is 0 Å². The maximum Gasteiger partial charge on any atom is 0.0314 e. The van der Waals surface area contributed by atoms with E-state index in [1.54, 1.807) is 0 Å². The minimum absolute atomic E-state index is 0.474. The first kappa shape index (κ1) is 27.1. The molecule has 0 aliphatic carbocycles. The molecule has 138 valence electrons. The molecule has 0 bridgehead atoms. The van der Waals surface area contributed by atoms with Crippen molar-refractivity contribution >= 4 is 5.69 Å². The maximum atomic E-state index is 5.71. The Morgan fingerprint density at radius 2 is 1.00 bits per heavy atom. The maximum absolute atomic E-state index is 5.71. The molecule has 1 atom stereocenters. The Labute approximate surface area is 152 Å². The molecular weight excluding hydrogens is 290 g/mol. The van der Waals surface area contributed by atoms with Crippen LogP contribution in [0.2, 0.25) is 0 Å². The molecule has 0 amide bonds. The van der Waals surface area contributed by atoms with Crippen molar-refractivity contribution in [3.05, 3.63) is 65.7 Å². The van der Waals surface area contributed by atoms with E-state index in [9.17, 15) is 0 Å². The van der Waals surface area contributed by atoms with E-state index in [-0.39, 0.29) is 0 Å². The lowest BCUT2D eigenvalue weighted by Crippen LogP contribution is -1.99.